The molecule has 0 unspecified atom stereocenters. The van der Waals surface area contributed by atoms with Crippen LogP contribution in [-0.2, 0) is 14.3 Å². The molecule has 0 bridgehead atoms. The van der Waals surface area contributed by atoms with Crippen molar-refractivity contribution in [2.24, 2.45) is 5.92 Å². The number of methoxy groups -OCH3 is 1. The van der Waals surface area contributed by atoms with E-state index >= 15 is 0 Å². The van der Waals surface area contributed by atoms with Crippen molar-refractivity contribution in [3.8, 4) is 5.75 Å². The maximum absolute atomic E-state index is 12.5. The summed E-state index contributed by atoms with van der Waals surface area (Å²) >= 11 is 5.25. The highest BCUT2D eigenvalue weighted by atomic mass is 32.1. The zero-order valence-corrected chi connectivity index (χ0v) is 16.4. The van der Waals surface area contributed by atoms with Gasteiger partial charge in [-0.3, -0.25) is 0 Å². The summed E-state index contributed by atoms with van der Waals surface area (Å²) in [6.07, 6.45) is 0. The van der Waals surface area contributed by atoms with Gasteiger partial charge in [0.25, 0.3) is 0 Å². The monoisotopic (exact) mass is 378 g/mol. The molecule has 0 saturated heterocycles. The van der Waals surface area contributed by atoms with Gasteiger partial charge < -0.3 is 24.8 Å². The lowest BCUT2D eigenvalue weighted by molar-refractivity contribution is -0.140. The van der Waals surface area contributed by atoms with Gasteiger partial charge in [-0.25, -0.2) is 4.79 Å². The number of benzene rings is 1. The first kappa shape index (κ1) is 20.2. The molecule has 1 aromatic carbocycles. The maximum Gasteiger partial charge on any atom is 0.338 e. The Kier molecular flexibility index (Phi) is 7.41. The molecule has 0 radical (unpaired) electrons. The van der Waals surface area contributed by atoms with Crippen LogP contribution in [0.5, 0.6) is 5.75 Å². The molecule has 6 nitrogen and oxygen atoms in total. The molecule has 0 saturated carbocycles. The van der Waals surface area contributed by atoms with Gasteiger partial charge >= 0.3 is 5.97 Å². The fourth-order valence-electron chi connectivity index (χ4n) is 2.53. The molecular weight excluding hydrogens is 352 g/mol. The molecule has 0 fully saturated rings. The lowest BCUT2D eigenvalue weighted by Gasteiger charge is -2.30. The first-order valence-electron chi connectivity index (χ1n) is 8.59. The Bertz CT molecular complexity index is 671. The van der Waals surface area contributed by atoms with E-state index in [-0.39, 0.29) is 12.6 Å². The van der Waals surface area contributed by atoms with Gasteiger partial charge in [0.15, 0.2) is 5.11 Å². The fourth-order valence-corrected chi connectivity index (χ4v) is 2.80. The smallest absolute Gasteiger partial charge is 0.338 e. The van der Waals surface area contributed by atoms with Crippen molar-refractivity contribution in [3.05, 3.63) is 41.1 Å². The molecule has 2 rings (SSSR count). The number of allylic oxidation sites excluding steroid dienone is 1. The number of hydrogen-bond acceptors (Lipinski definition) is 5. The number of hydrogen-bond donors (Lipinski definition) is 2. The van der Waals surface area contributed by atoms with Crippen LogP contribution in [-0.4, -0.2) is 38.0 Å². The van der Waals surface area contributed by atoms with Crippen LogP contribution in [0.25, 0.3) is 0 Å². The SMILES string of the molecule is COCCOC(=O)C1=C(C)NC(=S)N[C@H]1c1ccc(OCC(C)C)cc1. The summed E-state index contributed by atoms with van der Waals surface area (Å²) in [5.41, 5.74) is 2.09. The topological polar surface area (TPSA) is 68.8 Å². The predicted molar refractivity (Wildman–Crippen MR) is 104 cm³/mol. The highest BCUT2D eigenvalue weighted by Crippen LogP contribution is 2.29. The molecule has 0 spiro atoms. The number of carbonyl (C=O) groups excluding carboxylic acids is 1. The molecule has 1 aromatic rings. The van der Waals surface area contributed by atoms with E-state index in [1.54, 1.807) is 7.11 Å². The minimum absolute atomic E-state index is 0.200. The number of rotatable bonds is 8. The van der Waals surface area contributed by atoms with Crippen LogP contribution >= 0.6 is 12.2 Å². The minimum Gasteiger partial charge on any atom is -0.493 e. The number of nitrogens with one attached hydrogen (secondary N) is 2. The summed E-state index contributed by atoms with van der Waals surface area (Å²) < 4.78 is 15.9. The van der Waals surface area contributed by atoms with E-state index in [1.807, 2.05) is 31.2 Å². The molecule has 1 atom stereocenters. The van der Waals surface area contributed by atoms with Crippen molar-refractivity contribution in [1.82, 2.24) is 10.6 Å². The molecular formula is C19H26N2O4S. The van der Waals surface area contributed by atoms with E-state index in [0.717, 1.165) is 11.3 Å². The minimum atomic E-state index is -0.396. The lowest BCUT2D eigenvalue weighted by atomic mass is 9.95. The zero-order chi connectivity index (χ0) is 19.1. The summed E-state index contributed by atoms with van der Waals surface area (Å²) in [7, 11) is 1.56. The van der Waals surface area contributed by atoms with Crippen molar-refractivity contribution in [2.75, 3.05) is 26.9 Å². The van der Waals surface area contributed by atoms with E-state index in [1.165, 1.54) is 0 Å². The highest BCUT2D eigenvalue weighted by Gasteiger charge is 2.30. The number of thiocarbonyl (C=S) groups is 1. The predicted octanol–water partition coefficient (Wildman–Crippen LogP) is 2.70. The number of ether oxygens (including phenoxy) is 3. The Morgan fingerprint density at radius 3 is 2.54 bits per heavy atom. The third-order valence-corrected chi connectivity index (χ3v) is 4.03. The van der Waals surface area contributed by atoms with Crippen molar-refractivity contribution < 1.29 is 19.0 Å². The standard InChI is InChI=1S/C19H26N2O4S/c1-12(2)11-25-15-7-5-14(6-8-15)17-16(13(3)20-19(26)21-17)18(22)24-10-9-23-4/h5-8,12,17H,9-11H2,1-4H3,(H2,20,21,26)/t17-/m0/s1. The van der Waals surface area contributed by atoms with E-state index < -0.39 is 5.97 Å². The highest BCUT2D eigenvalue weighted by molar-refractivity contribution is 7.80. The van der Waals surface area contributed by atoms with Crippen LogP contribution in [0.15, 0.2) is 35.5 Å². The molecule has 7 heteroatoms. The van der Waals surface area contributed by atoms with Gasteiger partial charge in [0.05, 0.1) is 24.8 Å². The second-order valence-corrected chi connectivity index (χ2v) is 6.88. The normalized spacial score (nSPS) is 17.0. The van der Waals surface area contributed by atoms with Gasteiger partial charge in [0, 0.05) is 12.8 Å². The Balaban J connectivity index is 2.19. The van der Waals surface area contributed by atoms with Gasteiger partial charge in [-0.2, -0.15) is 0 Å². The van der Waals surface area contributed by atoms with Crippen LogP contribution < -0.4 is 15.4 Å². The molecule has 26 heavy (non-hydrogen) atoms. The Labute approximate surface area is 159 Å². The average Bonchev–Trinajstić information content (AvgIpc) is 2.59. The van der Waals surface area contributed by atoms with E-state index in [9.17, 15) is 4.79 Å². The van der Waals surface area contributed by atoms with Gasteiger partial charge in [-0.15, -0.1) is 0 Å². The molecule has 1 heterocycles. The van der Waals surface area contributed by atoms with Crippen LogP contribution in [0.4, 0.5) is 0 Å². The van der Waals surface area contributed by atoms with E-state index in [2.05, 4.69) is 24.5 Å². The largest absolute Gasteiger partial charge is 0.493 e. The number of carbonyl (C=O) groups is 1. The van der Waals surface area contributed by atoms with Crippen molar-refractivity contribution in [1.29, 1.82) is 0 Å². The third kappa shape index (κ3) is 5.44. The van der Waals surface area contributed by atoms with Gasteiger partial charge in [0.2, 0.25) is 0 Å². The van der Waals surface area contributed by atoms with Crippen LogP contribution in [0.1, 0.15) is 32.4 Å². The lowest BCUT2D eigenvalue weighted by Crippen LogP contribution is -2.45. The van der Waals surface area contributed by atoms with E-state index in [0.29, 0.717) is 35.5 Å². The molecule has 0 aliphatic carbocycles. The molecule has 2 N–H and O–H groups in total. The fraction of sp³-hybridized carbons (Fsp3) is 0.474. The Morgan fingerprint density at radius 1 is 1.23 bits per heavy atom. The quantitative estimate of drug-likeness (QED) is 0.409. The molecule has 0 amide bonds. The molecule has 0 aromatic heterocycles. The first-order valence-corrected chi connectivity index (χ1v) is 9.00. The van der Waals surface area contributed by atoms with Crippen LogP contribution in [0.3, 0.4) is 0 Å². The van der Waals surface area contributed by atoms with Crippen LogP contribution in [0, 0.1) is 5.92 Å². The summed E-state index contributed by atoms with van der Waals surface area (Å²) in [6, 6.07) is 7.27. The summed E-state index contributed by atoms with van der Waals surface area (Å²) in [6.45, 7) is 7.22. The van der Waals surface area contributed by atoms with Gasteiger partial charge in [-0.05, 0) is 42.8 Å². The maximum atomic E-state index is 12.5. The zero-order valence-electron chi connectivity index (χ0n) is 15.6. The van der Waals surface area contributed by atoms with E-state index in [4.69, 9.17) is 26.4 Å². The molecule has 1 aliphatic heterocycles. The van der Waals surface area contributed by atoms with Crippen molar-refractivity contribution in [2.45, 2.75) is 26.8 Å². The third-order valence-electron chi connectivity index (χ3n) is 3.81. The van der Waals surface area contributed by atoms with Crippen molar-refractivity contribution in [3.63, 3.8) is 0 Å². The summed E-state index contributed by atoms with van der Waals surface area (Å²) in [5, 5.41) is 6.60. The van der Waals surface area contributed by atoms with Crippen molar-refractivity contribution >= 4 is 23.3 Å². The number of esters is 1. The Morgan fingerprint density at radius 2 is 1.92 bits per heavy atom. The van der Waals surface area contributed by atoms with Gasteiger partial charge in [0.1, 0.15) is 12.4 Å². The molecule has 142 valence electrons. The summed E-state index contributed by atoms with van der Waals surface area (Å²) in [4.78, 5) is 12.5. The second kappa shape index (κ2) is 9.54. The first-order chi connectivity index (χ1) is 12.4. The summed E-state index contributed by atoms with van der Waals surface area (Å²) in [5.74, 6) is 0.855. The average molecular weight is 378 g/mol. The molecule has 1 aliphatic rings. The second-order valence-electron chi connectivity index (χ2n) is 6.47. The van der Waals surface area contributed by atoms with Gasteiger partial charge in [-0.1, -0.05) is 26.0 Å². The Hall–Kier alpha value is -2.12. The van der Waals surface area contributed by atoms with Crippen LogP contribution in [0.2, 0.25) is 0 Å².